The first kappa shape index (κ1) is 17.0. The molecule has 1 aliphatic rings. The van der Waals surface area contributed by atoms with Gasteiger partial charge < -0.3 is 10.2 Å². The Morgan fingerprint density at radius 3 is 2.62 bits per heavy atom. The van der Waals surface area contributed by atoms with Crippen molar-refractivity contribution in [2.24, 2.45) is 5.92 Å². The monoisotopic (exact) mass is 327 g/mol. The molecule has 1 aromatic heterocycles. The molecule has 1 saturated carbocycles. The van der Waals surface area contributed by atoms with E-state index in [1.807, 2.05) is 24.4 Å². The molecule has 130 valence electrons. The van der Waals surface area contributed by atoms with Crippen molar-refractivity contribution < 1.29 is 4.79 Å². The molecular weight excluding hydrogens is 298 g/mol. The number of nitrogens with one attached hydrogen (secondary N) is 1. The second-order valence-electron chi connectivity index (χ2n) is 7.50. The van der Waals surface area contributed by atoms with Gasteiger partial charge in [0.05, 0.1) is 5.52 Å². The minimum atomic E-state index is 0.0156. The number of amides is 1. The van der Waals surface area contributed by atoms with Gasteiger partial charge in [-0.3, -0.25) is 4.57 Å². The molecule has 0 atom stereocenters. The number of fused-ring (bicyclic) bond motifs is 1. The Hall–Kier alpha value is -1.81. The van der Waals surface area contributed by atoms with Gasteiger partial charge >= 0.3 is 6.03 Å². The first-order chi connectivity index (χ1) is 11.5. The fourth-order valence-corrected chi connectivity index (χ4v) is 3.61. The van der Waals surface area contributed by atoms with Crippen molar-refractivity contribution in [3.05, 3.63) is 36.0 Å². The SMILES string of the molecule is CC1CCC(NC(=O)n2cc(CCN(C)C)c3ccccc32)CC1. The highest BCUT2D eigenvalue weighted by molar-refractivity contribution is 5.93. The summed E-state index contributed by atoms with van der Waals surface area (Å²) in [7, 11) is 4.16. The van der Waals surface area contributed by atoms with Crippen LogP contribution in [0, 0.1) is 5.92 Å². The molecule has 0 bridgehead atoms. The number of likely N-dealkylation sites (N-methyl/N-ethyl adjacent to an activating group) is 1. The van der Waals surface area contributed by atoms with E-state index in [4.69, 9.17) is 0 Å². The number of benzene rings is 1. The van der Waals surface area contributed by atoms with E-state index in [0.717, 1.165) is 37.2 Å². The number of aromatic nitrogens is 1. The number of rotatable bonds is 4. The minimum absolute atomic E-state index is 0.0156. The summed E-state index contributed by atoms with van der Waals surface area (Å²) < 4.78 is 1.80. The Balaban J connectivity index is 1.79. The van der Waals surface area contributed by atoms with E-state index in [2.05, 4.69) is 37.3 Å². The maximum atomic E-state index is 12.8. The van der Waals surface area contributed by atoms with E-state index < -0.39 is 0 Å². The lowest BCUT2D eigenvalue weighted by atomic mass is 9.87. The summed E-state index contributed by atoms with van der Waals surface area (Å²) in [6.07, 6.45) is 7.60. The lowest BCUT2D eigenvalue weighted by Gasteiger charge is -2.27. The van der Waals surface area contributed by atoms with Crippen LogP contribution < -0.4 is 5.32 Å². The summed E-state index contributed by atoms with van der Waals surface area (Å²) in [5.41, 5.74) is 2.25. The fraction of sp³-hybridized carbons (Fsp3) is 0.550. The van der Waals surface area contributed by atoms with Crippen molar-refractivity contribution >= 4 is 16.9 Å². The lowest BCUT2D eigenvalue weighted by molar-refractivity contribution is 0.231. The average Bonchev–Trinajstić information content (AvgIpc) is 2.94. The van der Waals surface area contributed by atoms with Crippen molar-refractivity contribution in [1.29, 1.82) is 0 Å². The van der Waals surface area contributed by atoms with Crippen molar-refractivity contribution in [2.75, 3.05) is 20.6 Å². The fourth-order valence-electron chi connectivity index (χ4n) is 3.61. The van der Waals surface area contributed by atoms with Gasteiger partial charge in [0.15, 0.2) is 0 Å². The molecule has 0 radical (unpaired) electrons. The van der Waals surface area contributed by atoms with E-state index >= 15 is 0 Å². The second kappa shape index (κ2) is 7.39. The number of hydrogen-bond donors (Lipinski definition) is 1. The van der Waals surface area contributed by atoms with Crippen LogP contribution in [0.3, 0.4) is 0 Å². The Bertz CT molecular complexity index is 696. The van der Waals surface area contributed by atoms with Gasteiger partial charge in [-0.1, -0.05) is 25.1 Å². The third-order valence-electron chi connectivity index (χ3n) is 5.19. The summed E-state index contributed by atoms with van der Waals surface area (Å²) in [5, 5.41) is 4.43. The molecular formula is C20H29N3O. The van der Waals surface area contributed by atoms with Crippen molar-refractivity contribution in [1.82, 2.24) is 14.8 Å². The molecule has 24 heavy (non-hydrogen) atoms. The van der Waals surface area contributed by atoms with Crippen LogP contribution in [-0.4, -0.2) is 42.2 Å². The van der Waals surface area contributed by atoms with Gasteiger partial charge in [0, 0.05) is 24.2 Å². The van der Waals surface area contributed by atoms with E-state index in [-0.39, 0.29) is 6.03 Å². The van der Waals surface area contributed by atoms with Crippen LogP contribution in [0.2, 0.25) is 0 Å². The summed E-state index contributed by atoms with van der Waals surface area (Å²) >= 11 is 0. The lowest BCUT2D eigenvalue weighted by Crippen LogP contribution is -2.39. The van der Waals surface area contributed by atoms with E-state index in [1.165, 1.54) is 23.8 Å². The molecule has 0 spiro atoms. The quantitative estimate of drug-likeness (QED) is 0.925. The largest absolute Gasteiger partial charge is 0.335 e. The second-order valence-corrected chi connectivity index (χ2v) is 7.50. The smallest absolute Gasteiger partial charge is 0.326 e. The average molecular weight is 327 g/mol. The topological polar surface area (TPSA) is 37.3 Å². The zero-order chi connectivity index (χ0) is 17.1. The van der Waals surface area contributed by atoms with Crippen LogP contribution >= 0.6 is 0 Å². The van der Waals surface area contributed by atoms with Gasteiger partial charge in [0.25, 0.3) is 0 Å². The van der Waals surface area contributed by atoms with Crippen LogP contribution in [0.25, 0.3) is 10.9 Å². The van der Waals surface area contributed by atoms with E-state index in [1.54, 1.807) is 4.57 Å². The summed E-state index contributed by atoms with van der Waals surface area (Å²) in [5.74, 6) is 0.795. The number of hydrogen-bond acceptors (Lipinski definition) is 2. The Morgan fingerprint density at radius 1 is 1.21 bits per heavy atom. The Kier molecular flexibility index (Phi) is 5.24. The van der Waals surface area contributed by atoms with Gasteiger partial charge in [-0.2, -0.15) is 0 Å². The molecule has 0 unspecified atom stereocenters. The van der Waals surface area contributed by atoms with Crippen LogP contribution in [0.4, 0.5) is 4.79 Å². The third-order valence-corrected chi connectivity index (χ3v) is 5.19. The molecule has 3 rings (SSSR count). The zero-order valence-electron chi connectivity index (χ0n) is 15.1. The predicted octanol–water partition coefficient (Wildman–Crippen LogP) is 3.88. The first-order valence-electron chi connectivity index (χ1n) is 9.09. The maximum Gasteiger partial charge on any atom is 0.326 e. The first-order valence-corrected chi connectivity index (χ1v) is 9.09. The van der Waals surface area contributed by atoms with Gasteiger partial charge in [-0.25, -0.2) is 4.79 Å². The Labute approximate surface area is 144 Å². The van der Waals surface area contributed by atoms with Gasteiger partial charge in [0.1, 0.15) is 0 Å². The number of carbonyl (C=O) groups excluding carboxylic acids is 1. The highest BCUT2D eigenvalue weighted by Gasteiger charge is 2.21. The van der Waals surface area contributed by atoms with Crippen molar-refractivity contribution in [3.63, 3.8) is 0 Å². The molecule has 0 saturated heterocycles. The molecule has 2 aromatic rings. The summed E-state index contributed by atoms with van der Waals surface area (Å²) in [6.45, 7) is 3.28. The van der Waals surface area contributed by atoms with Crippen molar-refractivity contribution in [3.8, 4) is 0 Å². The van der Waals surface area contributed by atoms with Crippen LogP contribution in [0.1, 0.15) is 38.2 Å². The van der Waals surface area contributed by atoms with Gasteiger partial charge in [-0.15, -0.1) is 0 Å². The predicted molar refractivity (Wildman–Crippen MR) is 99.5 cm³/mol. The zero-order valence-corrected chi connectivity index (χ0v) is 15.1. The third kappa shape index (κ3) is 3.81. The number of para-hydroxylation sites is 1. The normalized spacial score (nSPS) is 21.3. The highest BCUT2D eigenvalue weighted by Crippen LogP contribution is 2.25. The molecule has 4 heteroatoms. The Morgan fingerprint density at radius 2 is 1.92 bits per heavy atom. The van der Waals surface area contributed by atoms with Crippen LogP contribution in [-0.2, 0) is 6.42 Å². The van der Waals surface area contributed by atoms with Crippen molar-refractivity contribution in [2.45, 2.75) is 45.1 Å². The molecule has 1 amide bonds. The molecule has 1 N–H and O–H groups in total. The highest BCUT2D eigenvalue weighted by atomic mass is 16.2. The van der Waals surface area contributed by atoms with Gasteiger partial charge in [0.2, 0.25) is 0 Å². The minimum Gasteiger partial charge on any atom is -0.335 e. The molecule has 0 aliphatic heterocycles. The van der Waals surface area contributed by atoms with Gasteiger partial charge in [-0.05, 0) is 63.7 Å². The van der Waals surface area contributed by atoms with Crippen LogP contribution in [0.5, 0.6) is 0 Å². The summed E-state index contributed by atoms with van der Waals surface area (Å²) in [4.78, 5) is 15.0. The number of carbonyl (C=O) groups is 1. The molecule has 1 fully saturated rings. The maximum absolute atomic E-state index is 12.8. The van der Waals surface area contributed by atoms with E-state index in [0.29, 0.717) is 6.04 Å². The van der Waals surface area contributed by atoms with Crippen LogP contribution in [0.15, 0.2) is 30.5 Å². The molecule has 1 aromatic carbocycles. The standard InChI is InChI=1S/C20H29N3O/c1-15-8-10-17(11-9-15)21-20(24)23-14-16(12-13-22(2)3)18-6-4-5-7-19(18)23/h4-7,14-15,17H,8-13H2,1-3H3,(H,21,24). The molecule has 4 nitrogen and oxygen atoms in total. The molecule has 1 aliphatic carbocycles. The van der Waals surface area contributed by atoms with E-state index in [9.17, 15) is 4.79 Å². The molecule has 1 heterocycles. The summed E-state index contributed by atoms with van der Waals surface area (Å²) in [6, 6.07) is 8.54. The number of nitrogens with zero attached hydrogens (tertiary/aromatic N) is 2.